The zero-order valence-corrected chi connectivity index (χ0v) is 11.8. The summed E-state index contributed by atoms with van der Waals surface area (Å²) in [6.07, 6.45) is 0. The van der Waals surface area contributed by atoms with Crippen molar-refractivity contribution in [3.63, 3.8) is 0 Å². The maximum absolute atomic E-state index is 11.7. The topological polar surface area (TPSA) is 78.4 Å². The number of hydrogen-bond donors (Lipinski definition) is 3. The summed E-state index contributed by atoms with van der Waals surface area (Å²) in [6, 6.07) is 9.31. The van der Waals surface area contributed by atoms with Gasteiger partial charge in [0.2, 0.25) is 0 Å². The molecule has 3 N–H and O–H groups in total. The van der Waals surface area contributed by atoms with E-state index in [2.05, 4.69) is 10.6 Å². The Balaban J connectivity index is 1.96. The molecule has 0 aliphatic carbocycles. The lowest BCUT2D eigenvalue weighted by atomic mass is 10.2. The zero-order valence-electron chi connectivity index (χ0n) is 10.2. The molecule has 0 spiro atoms. The Hall–Kier alpha value is -2.05. The van der Waals surface area contributed by atoms with Gasteiger partial charge in [0.05, 0.1) is 22.1 Å². The average Bonchev–Trinajstić information content (AvgIpc) is 2.83. The molecule has 1 aromatic heterocycles. The van der Waals surface area contributed by atoms with Crippen molar-refractivity contribution in [2.45, 2.75) is 6.54 Å². The molecule has 2 rings (SSSR count). The van der Waals surface area contributed by atoms with Gasteiger partial charge in [-0.25, -0.2) is 9.59 Å². The van der Waals surface area contributed by atoms with Crippen molar-refractivity contribution in [1.82, 2.24) is 5.32 Å². The first kappa shape index (κ1) is 14.4. The number of rotatable bonds is 4. The molecule has 0 aliphatic heterocycles. The van der Waals surface area contributed by atoms with E-state index in [0.717, 1.165) is 4.88 Å². The minimum Gasteiger partial charge on any atom is -0.478 e. The Kier molecular flexibility index (Phi) is 4.60. The lowest BCUT2D eigenvalue weighted by Crippen LogP contribution is -2.28. The Morgan fingerprint density at radius 2 is 1.95 bits per heavy atom. The van der Waals surface area contributed by atoms with Crippen molar-refractivity contribution >= 4 is 40.6 Å². The third-order valence-electron chi connectivity index (χ3n) is 2.46. The first-order valence-corrected chi connectivity index (χ1v) is 6.87. The lowest BCUT2D eigenvalue weighted by Gasteiger charge is -2.09. The number of para-hydroxylation sites is 1. The predicted molar refractivity (Wildman–Crippen MR) is 78.6 cm³/mol. The minimum atomic E-state index is -1.09. The third-order valence-corrected chi connectivity index (χ3v) is 3.69. The number of amides is 2. The summed E-state index contributed by atoms with van der Waals surface area (Å²) in [5.74, 6) is -1.09. The molecule has 104 valence electrons. The van der Waals surface area contributed by atoms with Crippen molar-refractivity contribution < 1.29 is 14.7 Å². The van der Waals surface area contributed by atoms with Crippen LogP contribution in [0.25, 0.3) is 0 Å². The van der Waals surface area contributed by atoms with Crippen LogP contribution in [0.5, 0.6) is 0 Å². The first-order chi connectivity index (χ1) is 9.56. The number of urea groups is 1. The van der Waals surface area contributed by atoms with E-state index in [1.807, 2.05) is 6.07 Å². The highest BCUT2D eigenvalue weighted by Gasteiger charge is 2.11. The number of carboxylic acids is 1. The van der Waals surface area contributed by atoms with Crippen LogP contribution in [-0.4, -0.2) is 17.1 Å². The number of nitrogens with one attached hydrogen (secondary N) is 2. The van der Waals surface area contributed by atoms with Gasteiger partial charge in [0, 0.05) is 4.88 Å². The van der Waals surface area contributed by atoms with Gasteiger partial charge in [-0.2, -0.15) is 0 Å². The molecule has 0 atom stereocenters. The summed E-state index contributed by atoms with van der Waals surface area (Å²) in [5.41, 5.74) is 0.295. The molecule has 0 saturated carbocycles. The molecule has 7 heteroatoms. The fourth-order valence-electron chi connectivity index (χ4n) is 1.56. The smallest absolute Gasteiger partial charge is 0.337 e. The number of halogens is 1. The molecule has 2 amide bonds. The molecule has 0 radical (unpaired) electrons. The summed E-state index contributed by atoms with van der Waals surface area (Å²) in [5, 5.41) is 14.1. The molecular formula is C13H11ClN2O3S. The van der Waals surface area contributed by atoms with Crippen molar-refractivity contribution in [2.75, 3.05) is 5.32 Å². The number of carboxylic acid groups (broad SMARTS) is 1. The second-order valence-corrected chi connectivity index (χ2v) is 5.66. The molecule has 1 heterocycles. The fourth-order valence-corrected chi connectivity index (χ4v) is 2.59. The average molecular weight is 311 g/mol. The van der Waals surface area contributed by atoms with Crippen LogP contribution in [0.1, 0.15) is 15.2 Å². The normalized spacial score (nSPS) is 10.1. The third kappa shape index (κ3) is 3.72. The van der Waals surface area contributed by atoms with Crippen LogP contribution in [0.2, 0.25) is 4.34 Å². The van der Waals surface area contributed by atoms with Gasteiger partial charge in [-0.3, -0.25) is 0 Å². The van der Waals surface area contributed by atoms with Crippen molar-refractivity contribution in [1.29, 1.82) is 0 Å². The Morgan fingerprint density at radius 3 is 2.60 bits per heavy atom. The summed E-state index contributed by atoms with van der Waals surface area (Å²) in [6.45, 7) is 0.332. The molecule has 0 bridgehead atoms. The van der Waals surface area contributed by atoms with Crippen molar-refractivity contribution in [2.24, 2.45) is 0 Å². The molecule has 1 aromatic carbocycles. The lowest BCUT2D eigenvalue weighted by molar-refractivity contribution is 0.0698. The van der Waals surface area contributed by atoms with Crippen molar-refractivity contribution in [3.8, 4) is 0 Å². The Labute approximate surface area is 124 Å². The predicted octanol–water partition coefficient (Wildman–Crippen LogP) is 3.42. The van der Waals surface area contributed by atoms with Crippen LogP contribution in [0.4, 0.5) is 10.5 Å². The van der Waals surface area contributed by atoms with Gasteiger partial charge >= 0.3 is 12.0 Å². The van der Waals surface area contributed by atoms with E-state index in [1.165, 1.54) is 23.5 Å². The van der Waals surface area contributed by atoms with Crippen LogP contribution in [-0.2, 0) is 6.54 Å². The summed E-state index contributed by atoms with van der Waals surface area (Å²) in [7, 11) is 0. The summed E-state index contributed by atoms with van der Waals surface area (Å²) < 4.78 is 0.651. The van der Waals surface area contributed by atoms with Gasteiger partial charge < -0.3 is 15.7 Å². The highest BCUT2D eigenvalue weighted by atomic mass is 35.5. The zero-order chi connectivity index (χ0) is 14.5. The van der Waals surface area contributed by atoms with Gasteiger partial charge in [0.15, 0.2) is 0 Å². The maximum Gasteiger partial charge on any atom is 0.337 e. The second-order valence-electron chi connectivity index (χ2n) is 3.86. The minimum absolute atomic E-state index is 0.0434. The first-order valence-electron chi connectivity index (χ1n) is 5.67. The van der Waals surface area contributed by atoms with E-state index in [1.54, 1.807) is 18.2 Å². The van der Waals surface area contributed by atoms with Crippen molar-refractivity contribution in [3.05, 3.63) is 51.2 Å². The van der Waals surface area contributed by atoms with Gasteiger partial charge in [-0.1, -0.05) is 23.7 Å². The van der Waals surface area contributed by atoms with Gasteiger partial charge in [0.1, 0.15) is 0 Å². The highest BCUT2D eigenvalue weighted by molar-refractivity contribution is 7.16. The Bertz CT molecular complexity index is 642. The number of carbonyl (C=O) groups excluding carboxylic acids is 1. The van der Waals surface area contributed by atoms with Crippen LogP contribution in [0, 0.1) is 0 Å². The number of anilines is 1. The standard InChI is InChI=1S/C13H11ClN2O3S/c14-11-6-5-8(20-11)7-15-13(19)16-10-4-2-1-3-9(10)12(17)18/h1-6H,7H2,(H,17,18)(H2,15,16,19). The van der Waals surface area contributed by atoms with Crippen LogP contribution in [0.15, 0.2) is 36.4 Å². The number of aromatic carboxylic acids is 1. The van der Waals surface area contributed by atoms with E-state index in [0.29, 0.717) is 10.9 Å². The molecule has 0 saturated heterocycles. The quantitative estimate of drug-likeness (QED) is 0.809. The van der Waals surface area contributed by atoms with Gasteiger partial charge in [-0.15, -0.1) is 11.3 Å². The molecule has 5 nitrogen and oxygen atoms in total. The molecule has 20 heavy (non-hydrogen) atoms. The van der Waals surface area contributed by atoms with E-state index in [-0.39, 0.29) is 11.3 Å². The molecule has 0 fully saturated rings. The SMILES string of the molecule is O=C(NCc1ccc(Cl)s1)Nc1ccccc1C(=O)O. The summed E-state index contributed by atoms with van der Waals surface area (Å²) in [4.78, 5) is 23.6. The van der Waals surface area contributed by atoms with Crippen LogP contribution < -0.4 is 10.6 Å². The molecule has 0 unspecified atom stereocenters. The van der Waals surface area contributed by atoms with E-state index < -0.39 is 12.0 Å². The maximum atomic E-state index is 11.7. The largest absolute Gasteiger partial charge is 0.478 e. The molecular weight excluding hydrogens is 300 g/mol. The second kappa shape index (κ2) is 6.40. The molecule has 0 aliphatic rings. The van der Waals surface area contributed by atoms with E-state index in [9.17, 15) is 9.59 Å². The van der Waals surface area contributed by atoms with E-state index in [4.69, 9.17) is 16.7 Å². The number of hydrogen-bond acceptors (Lipinski definition) is 3. The van der Waals surface area contributed by atoms with Gasteiger partial charge in [-0.05, 0) is 24.3 Å². The number of thiophene rings is 1. The summed E-state index contributed by atoms with van der Waals surface area (Å²) >= 11 is 7.16. The fraction of sp³-hybridized carbons (Fsp3) is 0.0769. The monoisotopic (exact) mass is 310 g/mol. The van der Waals surface area contributed by atoms with Crippen LogP contribution >= 0.6 is 22.9 Å². The number of benzene rings is 1. The Morgan fingerprint density at radius 1 is 1.20 bits per heavy atom. The van der Waals surface area contributed by atoms with Crippen LogP contribution in [0.3, 0.4) is 0 Å². The number of carbonyl (C=O) groups is 2. The van der Waals surface area contributed by atoms with Gasteiger partial charge in [0.25, 0.3) is 0 Å². The molecule has 2 aromatic rings. The van der Waals surface area contributed by atoms with E-state index >= 15 is 0 Å². The highest BCUT2D eigenvalue weighted by Crippen LogP contribution is 2.21.